The number of fused-ring (bicyclic) bond motifs is 1. The molecule has 0 saturated heterocycles. The second-order valence-corrected chi connectivity index (χ2v) is 4.71. The highest BCUT2D eigenvalue weighted by Crippen LogP contribution is 2.40. The van der Waals surface area contributed by atoms with E-state index in [1.807, 2.05) is 0 Å². The molecule has 2 aromatic carbocycles. The van der Waals surface area contributed by atoms with Gasteiger partial charge in [-0.1, -0.05) is 11.6 Å². The molecule has 3 aromatic rings. The fraction of sp³-hybridized carbons (Fsp3) is 0.0667. The van der Waals surface area contributed by atoms with Gasteiger partial charge >= 0.3 is 0 Å². The molecule has 1 heterocycles. The van der Waals surface area contributed by atoms with Crippen LogP contribution in [0.3, 0.4) is 0 Å². The molecular weight excluding hydrogens is 284 g/mol. The highest BCUT2D eigenvalue weighted by atomic mass is 35.5. The Hall–Kier alpha value is -2.07. The lowest BCUT2D eigenvalue weighted by atomic mass is 10.0. The average molecular weight is 294 g/mol. The quantitative estimate of drug-likeness (QED) is 0.723. The third kappa shape index (κ3) is 1.93. The van der Waals surface area contributed by atoms with E-state index in [9.17, 15) is 8.78 Å². The van der Waals surface area contributed by atoms with Crippen LogP contribution >= 0.6 is 11.6 Å². The van der Waals surface area contributed by atoms with Gasteiger partial charge in [0.15, 0.2) is 0 Å². The maximum atomic E-state index is 14.1. The van der Waals surface area contributed by atoms with Crippen molar-refractivity contribution in [3.8, 4) is 16.9 Å². The number of hydrogen-bond acceptors (Lipinski definition) is 1. The molecule has 0 radical (unpaired) electrons. The Morgan fingerprint density at radius 1 is 1.15 bits per heavy atom. The van der Waals surface area contributed by atoms with Crippen molar-refractivity contribution in [1.29, 1.82) is 0 Å². The number of aromatic nitrogens is 1. The normalized spacial score (nSPS) is 11.0. The molecule has 0 amide bonds. The van der Waals surface area contributed by atoms with E-state index in [0.29, 0.717) is 22.2 Å². The minimum absolute atomic E-state index is 0.192. The van der Waals surface area contributed by atoms with Gasteiger partial charge in [0.25, 0.3) is 0 Å². The van der Waals surface area contributed by atoms with E-state index in [2.05, 4.69) is 4.98 Å². The third-order valence-corrected chi connectivity index (χ3v) is 3.56. The molecule has 0 aliphatic carbocycles. The van der Waals surface area contributed by atoms with E-state index >= 15 is 0 Å². The van der Waals surface area contributed by atoms with Gasteiger partial charge in [0, 0.05) is 28.2 Å². The molecule has 0 spiro atoms. The monoisotopic (exact) mass is 293 g/mol. The first-order valence-electron chi connectivity index (χ1n) is 5.91. The molecule has 1 aromatic heterocycles. The molecule has 0 fully saturated rings. The van der Waals surface area contributed by atoms with Crippen molar-refractivity contribution in [1.82, 2.24) is 4.98 Å². The van der Waals surface area contributed by atoms with E-state index in [1.165, 1.54) is 31.4 Å². The zero-order valence-electron chi connectivity index (χ0n) is 10.5. The van der Waals surface area contributed by atoms with Gasteiger partial charge in [-0.05, 0) is 30.3 Å². The van der Waals surface area contributed by atoms with E-state index in [-0.39, 0.29) is 16.4 Å². The number of methoxy groups -OCH3 is 1. The lowest BCUT2D eigenvalue weighted by molar-refractivity contribution is 0.414. The Kier molecular flexibility index (Phi) is 3.10. The van der Waals surface area contributed by atoms with Gasteiger partial charge in [-0.25, -0.2) is 8.78 Å². The Bertz CT molecular complexity index is 798. The SMILES string of the molecule is COc1ccc(F)c(-c2c[nH]c3cc(F)ccc23)c1Cl. The predicted octanol–water partition coefficient (Wildman–Crippen LogP) is 4.78. The summed E-state index contributed by atoms with van der Waals surface area (Å²) in [6.45, 7) is 0. The van der Waals surface area contributed by atoms with Crippen LogP contribution in [0.25, 0.3) is 22.0 Å². The van der Waals surface area contributed by atoms with E-state index in [4.69, 9.17) is 16.3 Å². The molecule has 0 bridgehead atoms. The van der Waals surface area contributed by atoms with E-state index < -0.39 is 5.82 Å². The zero-order chi connectivity index (χ0) is 14.3. The second kappa shape index (κ2) is 4.80. The lowest BCUT2D eigenvalue weighted by Crippen LogP contribution is -1.90. The van der Waals surface area contributed by atoms with Crippen molar-refractivity contribution in [3.05, 3.63) is 53.2 Å². The molecule has 0 atom stereocenters. The van der Waals surface area contributed by atoms with Crippen molar-refractivity contribution in [2.75, 3.05) is 7.11 Å². The van der Waals surface area contributed by atoms with Gasteiger partial charge in [0.05, 0.1) is 12.1 Å². The minimum Gasteiger partial charge on any atom is -0.495 e. The van der Waals surface area contributed by atoms with Gasteiger partial charge in [-0.15, -0.1) is 0 Å². The van der Waals surface area contributed by atoms with Crippen LogP contribution in [0.2, 0.25) is 5.02 Å². The summed E-state index contributed by atoms with van der Waals surface area (Å²) in [4.78, 5) is 2.91. The van der Waals surface area contributed by atoms with E-state index in [1.54, 1.807) is 12.3 Å². The van der Waals surface area contributed by atoms with Crippen LogP contribution in [-0.4, -0.2) is 12.1 Å². The van der Waals surface area contributed by atoms with Gasteiger partial charge in [0.1, 0.15) is 17.4 Å². The number of aromatic amines is 1. The van der Waals surface area contributed by atoms with E-state index in [0.717, 1.165) is 0 Å². The van der Waals surface area contributed by atoms with Gasteiger partial charge in [0.2, 0.25) is 0 Å². The Morgan fingerprint density at radius 2 is 1.95 bits per heavy atom. The summed E-state index contributed by atoms with van der Waals surface area (Å²) in [7, 11) is 1.47. The number of H-pyrrole nitrogens is 1. The van der Waals surface area contributed by atoms with Crippen molar-refractivity contribution in [2.24, 2.45) is 0 Å². The summed E-state index contributed by atoms with van der Waals surface area (Å²) in [6, 6.07) is 7.03. The molecule has 20 heavy (non-hydrogen) atoms. The average Bonchev–Trinajstić information content (AvgIpc) is 2.82. The number of halogens is 3. The van der Waals surface area contributed by atoms with Crippen LogP contribution < -0.4 is 4.74 Å². The summed E-state index contributed by atoms with van der Waals surface area (Å²) in [5.74, 6) is -0.427. The van der Waals surface area contributed by atoms with Gasteiger partial charge in [-0.3, -0.25) is 0 Å². The zero-order valence-corrected chi connectivity index (χ0v) is 11.3. The van der Waals surface area contributed by atoms with Crippen LogP contribution in [0.4, 0.5) is 8.78 Å². The smallest absolute Gasteiger partial charge is 0.138 e. The number of rotatable bonds is 2. The second-order valence-electron chi connectivity index (χ2n) is 4.33. The maximum absolute atomic E-state index is 14.1. The molecule has 1 N–H and O–H groups in total. The lowest BCUT2D eigenvalue weighted by Gasteiger charge is -2.09. The number of ether oxygens (including phenoxy) is 1. The predicted molar refractivity (Wildman–Crippen MR) is 75.2 cm³/mol. The summed E-state index contributed by atoms with van der Waals surface area (Å²) >= 11 is 6.18. The van der Waals surface area contributed by atoms with Crippen molar-refractivity contribution in [3.63, 3.8) is 0 Å². The third-order valence-electron chi connectivity index (χ3n) is 3.19. The topological polar surface area (TPSA) is 25.0 Å². The van der Waals surface area contributed by atoms with Crippen LogP contribution in [0.1, 0.15) is 0 Å². The molecule has 0 unspecified atom stereocenters. The van der Waals surface area contributed by atoms with Gasteiger partial charge in [-0.2, -0.15) is 0 Å². The maximum Gasteiger partial charge on any atom is 0.138 e. The summed E-state index contributed by atoms with van der Waals surface area (Å²) < 4.78 is 32.4. The highest BCUT2D eigenvalue weighted by molar-refractivity contribution is 6.35. The van der Waals surface area contributed by atoms with Crippen LogP contribution in [0.15, 0.2) is 36.5 Å². The summed E-state index contributed by atoms with van der Waals surface area (Å²) in [5, 5.41) is 0.887. The fourth-order valence-electron chi connectivity index (χ4n) is 2.24. The molecule has 5 heteroatoms. The van der Waals surface area contributed by atoms with Crippen LogP contribution in [0.5, 0.6) is 5.75 Å². The van der Waals surface area contributed by atoms with Crippen LogP contribution in [-0.2, 0) is 0 Å². The Morgan fingerprint density at radius 3 is 2.70 bits per heavy atom. The summed E-state index contributed by atoms with van der Waals surface area (Å²) in [5.41, 5.74) is 1.39. The van der Waals surface area contributed by atoms with Crippen molar-refractivity contribution >= 4 is 22.5 Å². The molecular formula is C15H10ClF2NO. The molecule has 102 valence electrons. The first kappa shape index (κ1) is 12.9. The minimum atomic E-state index is -0.457. The first-order valence-corrected chi connectivity index (χ1v) is 6.28. The molecule has 0 aliphatic heterocycles. The Balaban J connectivity index is 2.31. The molecule has 0 aliphatic rings. The molecule has 0 saturated carbocycles. The number of hydrogen-bond donors (Lipinski definition) is 1. The first-order chi connectivity index (χ1) is 9.61. The summed E-state index contributed by atoms with van der Waals surface area (Å²) in [6.07, 6.45) is 1.60. The standard InChI is InChI=1S/C15H10ClF2NO/c1-20-13-5-4-11(18)14(15(13)16)10-7-19-12-6-8(17)2-3-9(10)12/h2-7,19H,1H3. The highest BCUT2D eigenvalue weighted by Gasteiger charge is 2.17. The fourth-order valence-corrected chi connectivity index (χ4v) is 2.58. The Labute approximate surface area is 118 Å². The number of nitrogens with one attached hydrogen (secondary N) is 1. The number of benzene rings is 2. The molecule has 3 rings (SSSR count). The van der Waals surface area contributed by atoms with Gasteiger partial charge < -0.3 is 9.72 Å². The van der Waals surface area contributed by atoms with Crippen LogP contribution in [0, 0.1) is 11.6 Å². The largest absolute Gasteiger partial charge is 0.495 e. The molecule has 2 nitrogen and oxygen atoms in total. The van der Waals surface area contributed by atoms with Crippen molar-refractivity contribution < 1.29 is 13.5 Å². The van der Waals surface area contributed by atoms with Crippen molar-refractivity contribution in [2.45, 2.75) is 0 Å².